The van der Waals surface area contributed by atoms with Gasteiger partial charge in [0.25, 0.3) is 0 Å². The lowest BCUT2D eigenvalue weighted by Gasteiger charge is -2.31. The Kier molecular flexibility index (Phi) is 5.31. The molecule has 0 bridgehead atoms. The van der Waals surface area contributed by atoms with Crippen LogP contribution in [0.4, 0.5) is 0 Å². The van der Waals surface area contributed by atoms with Gasteiger partial charge in [-0.05, 0) is 97.9 Å². The van der Waals surface area contributed by atoms with E-state index in [4.69, 9.17) is 0 Å². The third kappa shape index (κ3) is 3.96. The summed E-state index contributed by atoms with van der Waals surface area (Å²) in [6, 6.07) is 16.4. The van der Waals surface area contributed by atoms with E-state index >= 15 is 0 Å². The second-order valence-corrected chi connectivity index (χ2v) is 8.40. The Hall–Kier alpha value is -1.80. The number of fused-ring (bicyclic) bond motifs is 1. The van der Waals surface area contributed by atoms with Crippen LogP contribution in [0.15, 0.2) is 48.5 Å². The van der Waals surface area contributed by atoms with Crippen LogP contribution in [0.25, 0.3) is 0 Å². The summed E-state index contributed by atoms with van der Waals surface area (Å²) in [6.45, 7) is 0. The number of rotatable bonds is 3. The molecule has 4 rings (SSSR count). The Morgan fingerprint density at radius 2 is 1.62 bits per heavy atom. The predicted octanol–water partition coefficient (Wildman–Crippen LogP) is 5.74. The van der Waals surface area contributed by atoms with Gasteiger partial charge in [0, 0.05) is 0 Å². The van der Waals surface area contributed by atoms with Crippen LogP contribution in [-0.2, 0) is 6.42 Å². The zero-order valence-electron chi connectivity index (χ0n) is 15.5. The van der Waals surface area contributed by atoms with Crippen molar-refractivity contribution in [3.05, 3.63) is 65.2 Å². The van der Waals surface area contributed by atoms with Gasteiger partial charge in [0.05, 0.1) is 6.10 Å². The molecule has 0 saturated heterocycles. The molecule has 2 unspecified atom stereocenters. The Morgan fingerprint density at radius 1 is 0.846 bits per heavy atom. The zero-order valence-corrected chi connectivity index (χ0v) is 15.5. The predicted molar refractivity (Wildman–Crippen MR) is 105 cm³/mol. The van der Waals surface area contributed by atoms with Gasteiger partial charge in [-0.2, -0.15) is 0 Å². The summed E-state index contributed by atoms with van der Waals surface area (Å²) in [5, 5.41) is 20.4. The average molecular weight is 351 g/mol. The van der Waals surface area contributed by atoms with Gasteiger partial charge in [0.2, 0.25) is 0 Å². The molecule has 0 heterocycles. The normalized spacial score (nSPS) is 29.0. The van der Waals surface area contributed by atoms with E-state index in [0.29, 0.717) is 11.7 Å². The van der Waals surface area contributed by atoms with E-state index in [9.17, 15) is 10.2 Å². The number of aliphatic hydroxyl groups is 1. The summed E-state index contributed by atoms with van der Waals surface area (Å²) in [5.74, 6) is 2.45. The highest BCUT2D eigenvalue weighted by molar-refractivity contribution is 5.37. The minimum Gasteiger partial charge on any atom is -0.508 e. The van der Waals surface area contributed by atoms with Gasteiger partial charge >= 0.3 is 0 Å². The molecule has 0 spiro atoms. The molecule has 0 radical (unpaired) electrons. The van der Waals surface area contributed by atoms with Gasteiger partial charge in [-0.15, -0.1) is 0 Å². The first-order valence-electron chi connectivity index (χ1n) is 10.2. The highest BCUT2D eigenvalue weighted by atomic mass is 16.3. The Morgan fingerprint density at radius 3 is 2.38 bits per heavy atom. The molecule has 0 amide bonds. The minimum absolute atomic E-state index is 0.314. The number of phenols is 1. The quantitative estimate of drug-likeness (QED) is 0.693. The smallest absolute Gasteiger partial charge is 0.115 e. The van der Waals surface area contributed by atoms with E-state index in [-0.39, 0.29) is 6.10 Å². The molecule has 2 aliphatic rings. The number of aliphatic hydroxyl groups excluding tert-OH is 1. The first-order valence-corrected chi connectivity index (χ1v) is 10.2. The van der Waals surface area contributed by atoms with Gasteiger partial charge in [-0.1, -0.05) is 36.4 Å². The van der Waals surface area contributed by atoms with Crippen molar-refractivity contribution in [1.82, 2.24) is 0 Å². The van der Waals surface area contributed by atoms with Crippen molar-refractivity contribution in [2.45, 2.75) is 63.4 Å². The lowest BCUT2D eigenvalue weighted by molar-refractivity contribution is 0.133. The van der Waals surface area contributed by atoms with Crippen molar-refractivity contribution >= 4 is 0 Å². The molecule has 0 aromatic heterocycles. The van der Waals surface area contributed by atoms with E-state index in [1.807, 2.05) is 12.1 Å². The summed E-state index contributed by atoms with van der Waals surface area (Å²) < 4.78 is 0. The van der Waals surface area contributed by atoms with Crippen LogP contribution < -0.4 is 0 Å². The first kappa shape index (κ1) is 17.6. The average Bonchev–Trinajstić information content (AvgIpc) is 2.81. The molecule has 2 nitrogen and oxygen atoms in total. The van der Waals surface area contributed by atoms with Crippen molar-refractivity contribution in [3.8, 4) is 5.75 Å². The molecule has 2 N–H and O–H groups in total. The standard InChI is InChI=1S/C24H30O2/c25-22-12-13-23-21(16-22)11-8-18(15-24(23)26)14-17-6-9-20(10-7-17)19-4-2-1-3-5-19/h1-5,12-13,16-18,20,24-26H,6-11,14-15H2. The fraction of sp³-hybridized carbons (Fsp3) is 0.500. The van der Waals surface area contributed by atoms with E-state index in [2.05, 4.69) is 30.3 Å². The topological polar surface area (TPSA) is 40.5 Å². The molecular formula is C24H30O2. The molecular weight excluding hydrogens is 320 g/mol. The number of hydrogen-bond acceptors (Lipinski definition) is 2. The van der Waals surface area contributed by atoms with Crippen LogP contribution in [0.2, 0.25) is 0 Å². The van der Waals surface area contributed by atoms with Crippen LogP contribution in [0.1, 0.15) is 73.7 Å². The monoisotopic (exact) mass is 350 g/mol. The summed E-state index contributed by atoms with van der Waals surface area (Å²) in [7, 11) is 0. The van der Waals surface area contributed by atoms with Gasteiger partial charge in [0.15, 0.2) is 0 Å². The summed E-state index contributed by atoms with van der Waals surface area (Å²) >= 11 is 0. The molecule has 2 aromatic rings. The third-order valence-corrected chi connectivity index (χ3v) is 6.65. The Labute approximate surface area is 156 Å². The maximum Gasteiger partial charge on any atom is 0.115 e. The molecule has 138 valence electrons. The molecule has 0 aliphatic heterocycles. The second-order valence-electron chi connectivity index (χ2n) is 8.40. The van der Waals surface area contributed by atoms with Crippen LogP contribution in [0.3, 0.4) is 0 Å². The molecule has 2 aliphatic carbocycles. The Balaban J connectivity index is 1.33. The third-order valence-electron chi connectivity index (χ3n) is 6.65. The zero-order chi connectivity index (χ0) is 17.9. The highest BCUT2D eigenvalue weighted by Crippen LogP contribution is 2.41. The lowest BCUT2D eigenvalue weighted by Crippen LogP contribution is -2.17. The number of aromatic hydroxyl groups is 1. The summed E-state index contributed by atoms with van der Waals surface area (Å²) in [4.78, 5) is 0. The van der Waals surface area contributed by atoms with Crippen LogP contribution in [-0.4, -0.2) is 10.2 Å². The fourth-order valence-corrected chi connectivity index (χ4v) is 5.20. The van der Waals surface area contributed by atoms with Crippen LogP contribution >= 0.6 is 0 Å². The lowest BCUT2D eigenvalue weighted by atomic mass is 9.74. The van der Waals surface area contributed by atoms with E-state index in [1.165, 1.54) is 37.7 Å². The molecule has 2 atom stereocenters. The van der Waals surface area contributed by atoms with Crippen molar-refractivity contribution in [2.75, 3.05) is 0 Å². The Bertz CT molecular complexity index is 716. The second kappa shape index (κ2) is 7.84. The SMILES string of the molecule is Oc1ccc2c(c1)CCC(CC1CCC(c3ccccc3)CC1)CC2O. The highest BCUT2D eigenvalue weighted by Gasteiger charge is 2.28. The fourth-order valence-electron chi connectivity index (χ4n) is 5.20. The van der Waals surface area contributed by atoms with Crippen molar-refractivity contribution in [3.63, 3.8) is 0 Å². The van der Waals surface area contributed by atoms with Crippen molar-refractivity contribution in [1.29, 1.82) is 0 Å². The molecule has 2 heteroatoms. The number of aryl methyl sites for hydroxylation is 1. The van der Waals surface area contributed by atoms with Crippen LogP contribution in [0, 0.1) is 11.8 Å². The van der Waals surface area contributed by atoms with Crippen molar-refractivity contribution in [2.24, 2.45) is 11.8 Å². The van der Waals surface area contributed by atoms with Gasteiger partial charge in [0.1, 0.15) is 5.75 Å². The molecule has 1 saturated carbocycles. The minimum atomic E-state index is -0.376. The number of phenolic OH excluding ortho intramolecular Hbond substituents is 1. The number of benzene rings is 2. The number of hydrogen-bond donors (Lipinski definition) is 2. The molecule has 26 heavy (non-hydrogen) atoms. The van der Waals surface area contributed by atoms with E-state index in [1.54, 1.807) is 6.07 Å². The summed E-state index contributed by atoms with van der Waals surface area (Å²) in [6.07, 6.45) is 9.10. The maximum absolute atomic E-state index is 10.6. The van der Waals surface area contributed by atoms with Gasteiger partial charge in [-0.25, -0.2) is 0 Å². The largest absolute Gasteiger partial charge is 0.508 e. The first-order chi connectivity index (χ1) is 12.7. The van der Waals surface area contributed by atoms with E-state index in [0.717, 1.165) is 42.2 Å². The van der Waals surface area contributed by atoms with E-state index < -0.39 is 0 Å². The molecule has 2 aromatic carbocycles. The summed E-state index contributed by atoms with van der Waals surface area (Å²) in [5.41, 5.74) is 3.66. The van der Waals surface area contributed by atoms with Crippen LogP contribution in [0.5, 0.6) is 5.75 Å². The molecule has 1 fully saturated rings. The van der Waals surface area contributed by atoms with Gasteiger partial charge in [-0.3, -0.25) is 0 Å². The van der Waals surface area contributed by atoms with Crippen molar-refractivity contribution < 1.29 is 10.2 Å². The maximum atomic E-state index is 10.6. The van der Waals surface area contributed by atoms with Gasteiger partial charge < -0.3 is 10.2 Å².